The van der Waals surface area contributed by atoms with Crippen LogP contribution in [0.2, 0.25) is 10.0 Å². The molecule has 1 aromatic carbocycles. The molecule has 130 valence electrons. The molecule has 0 saturated carbocycles. The maximum absolute atomic E-state index is 12.3. The number of amides is 1. The van der Waals surface area contributed by atoms with Gasteiger partial charge in [-0.3, -0.25) is 14.2 Å². The van der Waals surface area contributed by atoms with Crippen molar-refractivity contribution in [1.29, 1.82) is 0 Å². The van der Waals surface area contributed by atoms with Gasteiger partial charge in [-0.2, -0.15) is 10.2 Å². The van der Waals surface area contributed by atoms with E-state index in [1.54, 1.807) is 39.8 Å². The zero-order valence-corrected chi connectivity index (χ0v) is 15.3. The Morgan fingerprint density at radius 2 is 2.00 bits per heavy atom. The number of carbonyl (C=O) groups is 1. The average molecular weight is 378 g/mol. The topological polar surface area (TPSA) is 64.7 Å². The molecule has 0 fully saturated rings. The molecule has 8 heteroatoms. The van der Waals surface area contributed by atoms with Gasteiger partial charge < -0.3 is 5.32 Å². The quantitative estimate of drug-likeness (QED) is 0.730. The van der Waals surface area contributed by atoms with Gasteiger partial charge in [0, 0.05) is 40.1 Å². The smallest absolute Gasteiger partial charge is 0.260 e. The Kier molecular flexibility index (Phi) is 5.11. The number of aryl methyl sites for hydroxylation is 2. The van der Waals surface area contributed by atoms with E-state index in [1.807, 2.05) is 13.8 Å². The minimum absolute atomic E-state index is 0.250. The molecule has 0 aliphatic heterocycles. The summed E-state index contributed by atoms with van der Waals surface area (Å²) in [6.07, 6.45) is 3.23. The summed E-state index contributed by atoms with van der Waals surface area (Å²) in [6, 6.07) is 7.17. The van der Waals surface area contributed by atoms with Gasteiger partial charge in [-0.05, 0) is 26.0 Å². The zero-order chi connectivity index (χ0) is 18.0. The first-order chi connectivity index (χ1) is 12.0. The summed E-state index contributed by atoms with van der Waals surface area (Å²) in [5.74, 6) is 0.218. The summed E-state index contributed by atoms with van der Waals surface area (Å²) in [5.41, 5.74) is 2.16. The molecular formula is C17H17Cl2N5O. The molecule has 2 aromatic heterocycles. The van der Waals surface area contributed by atoms with Crippen LogP contribution < -0.4 is 5.32 Å². The van der Waals surface area contributed by atoms with E-state index in [-0.39, 0.29) is 5.91 Å². The third-order valence-corrected chi connectivity index (χ3v) is 4.52. The number of halogens is 2. The Balaban J connectivity index is 1.77. The predicted octanol–water partition coefficient (Wildman–Crippen LogP) is 4.02. The molecule has 6 nitrogen and oxygen atoms in total. The van der Waals surface area contributed by atoms with Gasteiger partial charge in [-0.25, -0.2) is 0 Å². The van der Waals surface area contributed by atoms with Gasteiger partial charge in [0.2, 0.25) is 0 Å². The summed E-state index contributed by atoms with van der Waals surface area (Å²) in [5, 5.41) is 12.5. The lowest BCUT2D eigenvalue weighted by Gasteiger charge is -2.08. The van der Waals surface area contributed by atoms with E-state index in [9.17, 15) is 4.79 Å². The first-order valence-corrected chi connectivity index (χ1v) is 8.54. The van der Waals surface area contributed by atoms with E-state index >= 15 is 0 Å². The lowest BCUT2D eigenvalue weighted by Crippen LogP contribution is -2.12. The standard InChI is InChI=1S/C17H17Cl2N5O/c1-3-23-9-12(8-20-23)17(25)21-16-7-11(2)24(22-16)10-13-14(18)5-4-6-15(13)19/h4-9H,3,10H2,1-2H3,(H,21,22,25). The van der Waals surface area contributed by atoms with Crippen LogP contribution in [0, 0.1) is 6.92 Å². The minimum atomic E-state index is -0.250. The van der Waals surface area contributed by atoms with E-state index in [4.69, 9.17) is 23.2 Å². The number of aromatic nitrogens is 4. The number of benzene rings is 1. The summed E-state index contributed by atoms with van der Waals surface area (Å²) in [4.78, 5) is 12.3. The van der Waals surface area contributed by atoms with E-state index < -0.39 is 0 Å². The number of nitrogens with one attached hydrogen (secondary N) is 1. The maximum atomic E-state index is 12.3. The second-order valence-electron chi connectivity index (χ2n) is 5.57. The van der Waals surface area contributed by atoms with Crippen LogP contribution in [0.4, 0.5) is 5.82 Å². The van der Waals surface area contributed by atoms with Gasteiger partial charge in [-0.15, -0.1) is 0 Å². The van der Waals surface area contributed by atoms with E-state index in [0.29, 0.717) is 34.5 Å². The van der Waals surface area contributed by atoms with Crippen LogP contribution in [0.3, 0.4) is 0 Å². The third-order valence-electron chi connectivity index (χ3n) is 3.81. The molecule has 3 aromatic rings. The van der Waals surface area contributed by atoms with Gasteiger partial charge in [0.05, 0.1) is 18.3 Å². The Morgan fingerprint density at radius 1 is 1.28 bits per heavy atom. The fourth-order valence-electron chi connectivity index (χ4n) is 2.41. The fraction of sp³-hybridized carbons (Fsp3) is 0.235. The highest BCUT2D eigenvalue weighted by molar-refractivity contribution is 6.35. The predicted molar refractivity (Wildman–Crippen MR) is 98.4 cm³/mol. The number of hydrogen-bond acceptors (Lipinski definition) is 3. The highest BCUT2D eigenvalue weighted by Gasteiger charge is 2.13. The molecule has 3 rings (SSSR count). The number of rotatable bonds is 5. The van der Waals surface area contributed by atoms with E-state index in [1.165, 1.54) is 6.20 Å². The Morgan fingerprint density at radius 3 is 2.64 bits per heavy atom. The van der Waals surface area contributed by atoms with Crippen LogP contribution in [0.25, 0.3) is 0 Å². The summed E-state index contributed by atoms with van der Waals surface area (Å²) >= 11 is 12.4. The molecule has 0 spiro atoms. The van der Waals surface area contributed by atoms with Crippen molar-refractivity contribution in [1.82, 2.24) is 19.6 Å². The van der Waals surface area contributed by atoms with Crippen molar-refractivity contribution in [2.75, 3.05) is 5.32 Å². The average Bonchev–Trinajstić information content (AvgIpc) is 3.18. The summed E-state index contributed by atoms with van der Waals surface area (Å²) in [6.45, 7) is 5.00. The molecule has 0 bridgehead atoms. The molecule has 0 atom stereocenters. The zero-order valence-electron chi connectivity index (χ0n) is 13.8. The van der Waals surface area contributed by atoms with Crippen molar-refractivity contribution in [2.45, 2.75) is 26.9 Å². The maximum Gasteiger partial charge on any atom is 0.260 e. The Labute approximate surface area is 155 Å². The first kappa shape index (κ1) is 17.5. The molecule has 2 heterocycles. The second kappa shape index (κ2) is 7.29. The van der Waals surface area contributed by atoms with E-state index in [2.05, 4.69) is 15.5 Å². The van der Waals surface area contributed by atoms with Crippen LogP contribution in [-0.4, -0.2) is 25.5 Å². The number of nitrogens with zero attached hydrogens (tertiary/aromatic N) is 4. The first-order valence-electron chi connectivity index (χ1n) is 7.79. The van der Waals surface area contributed by atoms with Crippen LogP contribution in [-0.2, 0) is 13.1 Å². The minimum Gasteiger partial charge on any atom is -0.305 e. The molecule has 25 heavy (non-hydrogen) atoms. The third kappa shape index (κ3) is 3.86. The van der Waals surface area contributed by atoms with Crippen molar-refractivity contribution in [3.63, 3.8) is 0 Å². The van der Waals surface area contributed by atoms with Crippen molar-refractivity contribution in [3.05, 3.63) is 63.5 Å². The number of carbonyl (C=O) groups excluding carboxylic acids is 1. The van der Waals surface area contributed by atoms with Gasteiger partial charge >= 0.3 is 0 Å². The molecular weight excluding hydrogens is 361 g/mol. The molecule has 0 saturated heterocycles. The van der Waals surface area contributed by atoms with Gasteiger partial charge in [-0.1, -0.05) is 29.3 Å². The molecule has 0 aliphatic rings. The van der Waals surface area contributed by atoms with Crippen LogP contribution >= 0.6 is 23.2 Å². The van der Waals surface area contributed by atoms with Crippen molar-refractivity contribution in [2.24, 2.45) is 0 Å². The molecule has 1 amide bonds. The van der Waals surface area contributed by atoms with Crippen molar-refractivity contribution < 1.29 is 4.79 Å². The molecule has 0 aliphatic carbocycles. The highest BCUT2D eigenvalue weighted by Crippen LogP contribution is 2.25. The largest absolute Gasteiger partial charge is 0.305 e. The fourth-order valence-corrected chi connectivity index (χ4v) is 2.92. The monoisotopic (exact) mass is 377 g/mol. The lowest BCUT2D eigenvalue weighted by molar-refractivity contribution is 0.102. The van der Waals surface area contributed by atoms with Gasteiger partial charge in [0.25, 0.3) is 5.91 Å². The summed E-state index contributed by atoms with van der Waals surface area (Å²) in [7, 11) is 0. The summed E-state index contributed by atoms with van der Waals surface area (Å²) < 4.78 is 3.44. The molecule has 1 N–H and O–H groups in total. The Bertz CT molecular complexity index is 895. The highest BCUT2D eigenvalue weighted by atomic mass is 35.5. The van der Waals surface area contributed by atoms with Gasteiger partial charge in [0.1, 0.15) is 0 Å². The van der Waals surface area contributed by atoms with E-state index in [0.717, 1.165) is 11.3 Å². The normalized spacial score (nSPS) is 10.9. The number of hydrogen-bond donors (Lipinski definition) is 1. The molecule has 0 unspecified atom stereocenters. The number of anilines is 1. The van der Waals surface area contributed by atoms with Crippen LogP contribution in [0.15, 0.2) is 36.7 Å². The van der Waals surface area contributed by atoms with Gasteiger partial charge in [0.15, 0.2) is 5.82 Å². The van der Waals surface area contributed by atoms with Crippen LogP contribution in [0.5, 0.6) is 0 Å². The van der Waals surface area contributed by atoms with Crippen LogP contribution in [0.1, 0.15) is 28.5 Å². The van der Waals surface area contributed by atoms with Crippen molar-refractivity contribution >= 4 is 34.9 Å². The SMILES string of the molecule is CCn1cc(C(=O)Nc2cc(C)n(Cc3c(Cl)cccc3Cl)n2)cn1. The molecule has 0 radical (unpaired) electrons. The second-order valence-corrected chi connectivity index (χ2v) is 6.38. The van der Waals surface area contributed by atoms with Crippen molar-refractivity contribution in [3.8, 4) is 0 Å². The Hall–Kier alpha value is -2.31. The lowest BCUT2D eigenvalue weighted by atomic mass is 10.2.